The van der Waals surface area contributed by atoms with Gasteiger partial charge >= 0.3 is 5.97 Å². The summed E-state index contributed by atoms with van der Waals surface area (Å²) in [5.41, 5.74) is 0. The van der Waals surface area contributed by atoms with Gasteiger partial charge in [0.2, 0.25) is 5.91 Å². The minimum Gasteiger partial charge on any atom is -0.481 e. The Kier molecular flexibility index (Phi) is 5.67. The predicted octanol–water partition coefficient (Wildman–Crippen LogP) is 2.88. The van der Waals surface area contributed by atoms with Gasteiger partial charge in [-0.2, -0.15) is 0 Å². The lowest BCUT2D eigenvalue weighted by molar-refractivity contribution is -0.148. The number of hydrogen-bond acceptors (Lipinski definition) is 3. The van der Waals surface area contributed by atoms with Crippen LogP contribution in [0.1, 0.15) is 26.2 Å². The van der Waals surface area contributed by atoms with Crippen molar-refractivity contribution in [2.75, 3.05) is 12.3 Å². The maximum absolute atomic E-state index is 12.3. The molecular weight excluding hydrogens is 286 g/mol. The lowest BCUT2D eigenvalue weighted by Gasteiger charge is -2.37. The summed E-state index contributed by atoms with van der Waals surface area (Å²) in [6.07, 6.45) is 1.90. The molecule has 2 rings (SSSR count). The van der Waals surface area contributed by atoms with Crippen LogP contribution in [-0.4, -0.2) is 40.2 Å². The van der Waals surface area contributed by atoms with Crippen LogP contribution < -0.4 is 0 Å². The molecule has 1 aromatic rings. The number of carbonyl (C=O) groups is 2. The summed E-state index contributed by atoms with van der Waals surface area (Å²) in [4.78, 5) is 26.4. The van der Waals surface area contributed by atoms with Crippen molar-refractivity contribution in [3.8, 4) is 0 Å². The maximum atomic E-state index is 12.3. The van der Waals surface area contributed by atoms with Gasteiger partial charge in [-0.1, -0.05) is 18.2 Å². The number of piperidine rings is 1. The third-order valence-corrected chi connectivity index (χ3v) is 4.97. The van der Waals surface area contributed by atoms with E-state index in [0.717, 1.165) is 17.1 Å². The van der Waals surface area contributed by atoms with Crippen molar-refractivity contribution < 1.29 is 14.7 Å². The number of rotatable bonds is 5. The van der Waals surface area contributed by atoms with Gasteiger partial charge in [0.25, 0.3) is 0 Å². The number of amides is 1. The second-order valence-corrected chi connectivity index (χ2v) is 6.49. The van der Waals surface area contributed by atoms with E-state index in [1.807, 2.05) is 37.3 Å². The van der Waals surface area contributed by atoms with Gasteiger partial charge in [0.15, 0.2) is 0 Å². The molecule has 0 spiro atoms. The Labute approximate surface area is 129 Å². The predicted molar refractivity (Wildman–Crippen MR) is 83.3 cm³/mol. The zero-order valence-electron chi connectivity index (χ0n) is 12.2. The largest absolute Gasteiger partial charge is 0.481 e. The average molecular weight is 307 g/mol. The van der Waals surface area contributed by atoms with Gasteiger partial charge in [0.05, 0.1) is 5.92 Å². The first-order valence-corrected chi connectivity index (χ1v) is 8.28. The maximum Gasteiger partial charge on any atom is 0.308 e. The fraction of sp³-hybridized carbons (Fsp3) is 0.500. The van der Waals surface area contributed by atoms with E-state index in [0.29, 0.717) is 19.4 Å². The molecule has 0 saturated carbocycles. The first kappa shape index (κ1) is 15.9. The molecule has 1 aromatic carbocycles. The molecule has 1 fully saturated rings. The molecule has 1 aliphatic rings. The van der Waals surface area contributed by atoms with E-state index in [4.69, 9.17) is 0 Å². The van der Waals surface area contributed by atoms with Gasteiger partial charge in [-0.05, 0) is 31.9 Å². The molecule has 0 radical (unpaired) electrons. The van der Waals surface area contributed by atoms with Crippen LogP contribution in [0.4, 0.5) is 0 Å². The van der Waals surface area contributed by atoms with Crippen LogP contribution in [0.15, 0.2) is 35.2 Å². The van der Waals surface area contributed by atoms with E-state index >= 15 is 0 Å². The summed E-state index contributed by atoms with van der Waals surface area (Å²) in [5.74, 6) is -0.427. The molecule has 21 heavy (non-hydrogen) atoms. The highest BCUT2D eigenvalue weighted by Gasteiger charge is 2.34. The van der Waals surface area contributed by atoms with Crippen LogP contribution in [0, 0.1) is 5.92 Å². The number of carboxylic acids is 1. The number of thioether (sulfide) groups is 1. The Morgan fingerprint density at radius 3 is 2.71 bits per heavy atom. The topological polar surface area (TPSA) is 57.6 Å². The molecule has 2 atom stereocenters. The Hall–Kier alpha value is -1.49. The second-order valence-electron chi connectivity index (χ2n) is 5.33. The molecule has 1 amide bonds. The van der Waals surface area contributed by atoms with E-state index in [1.54, 1.807) is 16.7 Å². The van der Waals surface area contributed by atoms with Gasteiger partial charge in [0, 0.05) is 29.7 Å². The van der Waals surface area contributed by atoms with Crippen LogP contribution in [0.25, 0.3) is 0 Å². The Morgan fingerprint density at radius 2 is 2.05 bits per heavy atom. The van der Waals surface area contributed by atoms with E-state index in [2.05, 4.69) is 0 Å². The SMILES string of the molecule is C[C@@H]1[C@H](C(=O)O)CCCN1C(=O)CCSc1ccccc1. The van der Waals surface area contributed by atoms with Crippen molar-refractivity contribution in [3.05, 3.63) is 30.3 Å². The fourth-order valence-corrected chi connectivity index (χ4v) is 3.60. The van der Waals surface area contributed by atoms with E-state index < -0.39 is 11.9 Å². The van der Waals surface area contributed by atoms with Crippen LogP contribution in [0.3, 0.4) is 0 Å². The molecule has 114 valence electrons. The van der Waals surface area contributed by atoms with E-state index in [1.165, 1.54) is 0 Å². The minimum atomic E-state index is -0.793. The molecule has 4 nitrogen and oxygen atoms in total. The summed E-state index contributed by atoms with van der Waals surface area (Å²) in [6.45, 7) is 2.53. The fourth-order valence-electron chi connectivity index (χ4n) is 2.74. The summed E-state index contributed by atoms with van der Waals surface area (Å²) in [5, 5.41) is 9.19. The molecular formula is C16H21NO3S. The van der Waals surface area contributed by atoms with Crippen molar-refractivity contribution in [2.24, 2.45) is 5.92 Å². The Bertz CT molecular complexity index is 492. The van der Waals surface area contributed by atoms with Gasteiger partial charge in [-0.15, -0.1) is 11.8 Å². The number of carboxylic acid groups (broad SMARTS) is 1. The van der Waals surface area contributed by atoms with Gasteiger partial charge in [-0.3, -0.25) is 9.59 Å². The third kappa shape index (κ3) is 4.24. The monoisotopic (exact) mass is 307 g/mol. The number of nitrogens with zero attached hydrogens (tertiary/aromatic N) is 1. The Balaban J connectivity index is 1.83. The first-order chi connectivity index (χ1) is 10.1. The van der Waals surface area contributed by atoms with Crippen LogP contribution in [-0.2, 0) is 9.59 Å². The highest BCUT2D eigenvalue weighted by molar-refractivity contribution is 7.99. The van der Waals surface area contributed by atoms with Gasteiger partial charge in [0.1, 0.15) is 0 Å². The zero-order chi connectivity index (χ0) is 15.2. The molecule has 1 N–H and O–H groups in total. The summed E-state index contributed by atoms with van der Waals surface area (Å²) >= 11 is 1.66. The van der Waals surface area contributed by atoms with E-state index in [9.17, 15) is 14.7 Å². The number of hydrogen-bond donors (Lipinski definition) is 1. The van der Waals surface area contributed by atoms with Crippen molar-refractivity contribution >= 4 is 23.6 Å². The molecule has 1 heterocycles. The highest BCUT2D eigenvalue weighted by atomic mass is 32.2. The van der Waals surface area contributed by atoms with Crippen molar-refractivity contribution in [2.45, 2.75) is 37.1 Å². The summed E-state index contributed by atoms with van der Waals surface area (Å²) in [7, 11) is 0. The number of benzene rings is 1. The van der Waals surface area contributed by atoms with Crippen LogP contribution in [0.5, 0.6) is 0 Å². The molecule has 0 aromatic heterocycles. The molecule has 0 bridgehead atoms. The second kappa shape index (κ2) is 7.50. The van der Waals surface area contributed by atoms with Crippen molar-refractivity contribution in [3.63, 3.8) is 0 Å². The van der Waals surface area contributed by atoms with Crippen molar-refractivity contribution in [1.29, 1.82) is 0 Å². The minimum absolute atomic E-state index is 0.0666. The lowest BCUT2D eigenvalue weighted by Crippen LogP contribution is -2.49. The molecule has 1 saturated heterocycles. The molecule has 1 aliphatic heterocycles. The standard InChI is InChI=1S/C16H21NO3S/c1-12-14(16(19)20)8-5-10-17(12)15(18)9-11-21-13-6-3-2-4-7-13/h2-4,6-7,12,14H,5,8-11H2,1H3,(H,19,20)/t12-,14-/m1/s1. The Morgan fingerprint density at radius 1 is 1.33 bits per heavy atom. The first-order valence-electron chi connectivity index (χ1n) is 7.29. The van der Waals surface area contributed by atoms with Crippen LogP contribution >= 0.6 is 11.8 Å². The number of aliphatic carboxylic acids is 1. The molecule has 0 unspecified atom stereocenters. The highest BCUT2D eigenvalue weighted by Crippen LogP contribution is 2.25. The summed E-state index contributed by atoms with van der Waals surface area (Å²) < 4.78 is 0. The lowest BCUT2D eigenvalue weighted by atomic mass is 9.90. The number of carbonyl (C=O) groups excluding carboxylic acids is 1. The third-order valence-electron chi connectivity index (χ3n) is 3.95. The van der Waals surface area contributed by atoms with Gasteiger partial charge in [-0.25, -0.2) is 0 Å². The summed E-state index contributed by atoms with van der Waals surface area (Å²) in [6, 6.07) is 9.78. The molecule has 5 heteroatoms. The quantitative estimate of drug-likeness (QED) is 0.850. The number of likely N-dealkylation sites (tertiary alicyclic amines) is 1. The van der Waals surface area contributed by atoms with E-state index in [-0.39, 0.29) is 11.9 Å². The van der Waals surface area contributed by atoms with Crippen LogP contribution in [0.2, 0.25) is 0 Å². The average Bonchev–Trinajstić information content (AvgIpc) is 2.48. The van der Waals surface area contributed by atoms with Gasteiger partial charge < -0.3 is 10.0 Å². The molecule has 0 aliphatic carbocycles. The normalized spacial score (nSPS) is 22.0. The smallest absolute Gasteiger partial charge is 0.308 e. The van der Waals surface area contributed by atoms with Crippen molar-refractivity contribution in [1.82, 2.24) is 4.90 Å². The zero-order valence-corrected chi connectivity index (χ0v) is 13.0.